The third-order valence-corrected chi connectivity index (χ3v) is 1.71. The van der Waals surface area contributed by atoms with Gasteiger partial charge in [0.15, 0.2) is 0 Å². The highest BCUT2D eigenvalue weighted by Gasteiger charge is 2.10. The Hall–Kier alpha value is -1.36. The zero-order chi connectivity index (χ0) is 9.68. The van der Waals surface area contributed by atoms with E-state index in [-0.39, 0.29) is 5.91 Å². The van der Waals surface area contributed by atoms with Crippen molar-refractivity contribution >= 4 is 5.91 Å². The number of carbonyl (C=O) groups excluding carboxylic acids is 1. The van der Waals surface area contributed by atoms with Gasteiger partial charge in [-0.2, -0.15) is 0 Å². The zero-order valence-corrected chi connectivity index (χ0v) is 7.49. The molecule has 0 aromatic carbocycles. The molecular formula is C8H13N3O2. The van der Waals surface area contributed by atoms with Crippen LogP contribution in [0.1, 0.15) is 19.0 Å². The Morgan fingerprint density at radius 1 is 1.85 bits per heavy atom. The van der Waals surface area contributed by atoms with Crippen molar-refractivity contribution in [2.24, 2.45) is 5.73 Å². The third-order valence-electron chi connectivity index (χ3n) is 1.71. The summed E-state index contributed by atoms with van der Waals surface area (Å²) >= 11 is 0. The number of nitrogens with one attached hydrogen (secondary N) is 1. The summed E-state index contributed by atoms with van der Waals surface area (Å²) in [6, 6.07) is 1.25. The van der Waals surface area contributed by atoms with Gasteiger partial charge < -0.3 is 15.6 Å². The van der Waals surface area contributed by atoms with E-state index in [1.54, 1.807) is 6.07 Å². The van der Waals surface area contributed by atoms with Gasteiger partial charge in [0.1, 0.15) is 12.0 Å². The van der Waals surface area contributed by atoms with Gasteiger partial charge in [0.2, 0.25) is 5.91 Å². The van der Waals surface area contributed by atoms with Crippen LogP contribution in [0.2, 0.25) is 0 Å². The Bertz CT molecular complexity index is 258. The second-order valence-corrected chi connectivity index (χ2v) is 2.72. The highest BCUT2D eigenvalue weighted by molar-refractivity contribution is 5.81. The zero-order valence-electron chi connectivity index (χ0n) is 7.49. The minimum Gasteiger partial charge on any atom is -0.364 e. The van der Waals surface area contributed by atoms with Crippen LogP contribution < -0.4 is 11.1 Å². The smallest absolute Gasteiger partial charge is 0.237 e. The summed E-state index contributed by atoms with van der Waals surface area (Å²) in [4.78, 5) is 11.2. The van der Waals surface area contributed by atoms with Crippen molar-refractivity contribution in [2.45, 2.75) is 25.9 Å². The first kappa shape index (κ1) is 9.73. The molecule has 0 spiro atoms. The van der Waals surface area contributed by atoms with Gasteiger partial charge in [-0.05, 0) is 6.42 Å². The first-order chi connectivity index (χ1) is 6.24. The number of hydrogen-bond acceptors (Lipinski definition) is 4. The largest absolute Gasteiger partial charge is 0.364 e. The lowest BCUT2D eigenvalue weighted by Gasteiger charge is -2.07. The van der Waals surface area contributed by atoms with Crippen LogP contribution >= 0.6 is 0 Å². The predicted octanol–water partition coefficient (Wildman–Crippen LogP) is 0.0281. The maximum atomic E-state index is 11.2. The first-order valence-corrected chi connectivity index (χ1v) is 4.16. The van der Waals surface area contributed by atoms with Crippen molar-refractivity contribution < 1.29 is 9.32 Å². The molecule has 0 unspecified atom stereocenters. The molecule has 1 aromatic rings. The van der Waals surface area contributed by atoms with Crippen molar-refractivity contribution in [1.29, 1.82) is 0 Å². The minimum absolute atomic E-state index is 0.162. The van der Waals surface area contributed by atoms with E-state index in [1.807, 2.05) is 6.92 Å². The molecule has 1 amide bonds. The van der Waals surface area contributed by atoms with E-state index in [1.165, 1.54) is 6.26 Å². The van der Waals surface area contributed by atoms with E-state index >= 15 is 0 Å². The molecule has 72 valence electrons. The van der Waals surface area contributed by atoms with Crippen molar-refractivity contribution in [1.82, 2.24) is 10.5 Å². The Labute approximate surface area is 76.3 Å². The van der Waals surface area contributed by atoms with E-state index in [4.69, 9.17) is 5.73 Å². The van der Waals surface area contributed by atoms with E-state index in [2.05, 4.69) is 15.0 Å². The Kier molecular flexibility index (Phi) is 3.45. The third kappa shape index (κ3) is 2.87. The molecule has 0 fully saturated rings. The van der Waals surface area contributed by atoms with Crippen molar-refractivity contribution in [3.63, 3.8) is 0 Å². The summed E-state index contributed by atoms with van der Waals surface area (Å²) in [6.45, 7) is 2.23. The average Bonchev–Trinajstić information content (AvgIpc) is 2.65. The van der Waals surface area contributed by atoms with Gasteiger partial charge in [-0.25, -0.2) is 0 Å². The molecule has 0 aliphatic carbocycles. The number of nitrogens with two attached hydrogens (primary N) is 1. The van der Waals surface area contributed by atoms with Gasteiger partial charge in [-0.1, -0.05) is 12.1 Å². The number of carbonyl (C=O) groups is 1. The molecule has 13 heavy (non-hydrogen) atoms. The van der Waals surface area contributed by atoms with Crippen molar-refractivity contribution in [2.75, 3.05) is 0 Å². The fraction of sp³-hybridized carbons (Fsp3) is 0.500. The summed E-state index contributed by atoms with van der Waals surface area (Å²) in [7, 11) is 0. The van der Waals surface area contributed by atoms with Gasteiger partial charge >= 0.3 is 0 Å². The van der Waals surface area contributed by atoms with Crippen LogP contribution in [-0.4, -0.2) is 17.1 Å². The molecule has 0 aliphatic rings. The summed E-state index contributed by atoms with van der Waals surface area (Å²) in [5.74, 6) is -0.162. The number of aromatic nitrogens is 1. The number of amides is 1. The van der Waals surface area contributed by atoms with E-state index in [9.17, 15) is 4.79 Å². The van der Waals surface area contributed by atoms with Crippen molar-refractivity contribution in [3.05, 3.63) is 18.0 Å². The highest BCUT2D eigenvalue weighted by atomic mass is 16.5. The van der Waals surface area contributed by atoms with Gasteiger partial charge in [-0.3, -0.25) is 4.79 Å². The van der Waals surface area contributed by atoms with E-state index < -0.39 is 6.04 Å². The molecule has 0 saturated carbocycles. The van der Waals surface area contributed by atoms with Crippen molar-refractivity contribution in [3.8, 4) is 0 Å². The number of rotatable bonds is 4. The molecular weight excluding hydrogens is 170 g/mol. The molecule has 0 aliphatic heterocycles. The van der Waals surface area contributed by atoms with Gasteiger partial charge in [0.05, 0.1) is 12.6 Å². The van der Waals surface area contributed by atoms with Gasteiger partial charge in [-0.15, -0.1) is 0 Å². The van der Waals surface area contributed by atoms with Crippen LogP contribution in [0.5, 0.6) is 0 Å². The van der Waals surface area contributed by atoms with E-state index in [0.717, 1.165) is 0 Å². The molecule has 0 saturated heterocycles. The maximum Gasteiger partial charge on any atom is 0.237 e. The molecule has 1 aromatic heterocycles. The molecule has 5 heteroatoms. The lowest BCUT2D eigenvalue weighted by Crippen LogP contribution is -2.39. The molecule has 0 bridgehead atoms. The molecule has 1 rings (SSSR count). The lowest BCUT2D eigenvalue weighted by molar-refractivity contribution is -0.122. The average molecular weight is 183 g/mol. The Balaban J connectivity index is 2.31. The van der Waals surface area contributed by atoms with E-state index in [0.29, 0.717) is 18.7 Å². The predicted molar refractivity (Wildman–Crippen MR) is 46.6 cm³/mol. The first-order valence-electron chi connectivity index (χ1n) is 4.16. The monoisotopic (exact) mass is 183 g/mol. The SMILES string of the molecule is CC[C@@H](N)C(=O)NCc1ccon1. The fourth-order valence-electron chi connectivity index (χ4n) is 0.823. The quantitative estimate of drug-likeness (QED) is 0.690. The molecule has 3 N–H and O–H groups in total. The van der Waals surface area contributed by atoms with Crippen LogP contribution in [-0.2, 0) is 11.3 Å². The molecule has 0 radical (unpaired) electrons. The second-order valence-electron chi connectivity index (χ2n) is 2.72. The lowest BCUT2D eigenvalue weighted by atomic mass is 10.2. The van der Waals surface area contributed by atoms with Gasteiger partial charge in [0, 0.05) is 6.07 Å². The molecule has 1 atom stereocenters. The van der Waals surface area contributed by atoms with Crippen LogP contribution in [0.15, 0.2) is 16.9 Å². The summed E-state index contributed by atoms with van der Waals surface area (Å²) in [5, 5.41) is 6.29. The topological polar surface area (TPSA) is 81.2 Å². The van der Waals surface area contributed by atoms with Crippen LogP contribution in [0, 0.1) is 0 Å². The highest BCUT2D eigenvalue weighted by Crippen LogP contribution is 1.93. The standard InChI is InChI=1S/C8H13N3O2/c1-2-7(9)8(12)10-5-6-3-4-13-11-6/h3-4,7H,2,5,9H2,1H3,(H,10,12)/t7-/m1/s1. The van der Waals surface area contributed by atoms with Crippen LogP contribution in [0.25, 0.3) is 0 Å². The summed E-state index contributed by atoms with van der Waals surface area (Å²) in [5.41, 5.74) is 6.19. The van der Waals surface area contributed by atoms with Gasteiger partial charge in [0.25, 0.3) is 0 Å². The number of hydrogen-bond donors (Lipinski definition) is 2. The maximum absolute atomic E-state index is 11.2. The summed E-state index contributed by atoms with van der Waals surface area (Å²) in [6.07, 6.45) is 2.09. The fourth-order valence-corrected chi connectivity index (χ4v) is 0.823. The van der Waals surface area contributed by atoms with Crippen LogP contribution in [0.3, 0.4) is 0 Å². The summed E-state index contributed by atoms with van der Waals surface area (Å²) < 4.78 is 4.60. The number of nitrogens with zero attached hydrogens (tertiary/aromatic N) is 1. The minimum atomic E-state index is -0.438. The normalized spacial score (nSPS) is 12.5. The second kappa shape index (κ2) is 4.61. The Morgan fingerprint density at radius 3 is 3.15 bits per heavy atom. The molecule has 1 heterocycles. The molecule has 5 nitrogen and oxygen atoms in total. The van der Waals surface area contributed by atoms with Crippen LogP contribution in [0.4, 0.5) is 0 Å². The Morgan fingerprint density at radius 2 is 2.62 bits per heavy atom.